The van der Waals surface area contributed by atoms with Gasteiger partial charge in [-0.3, -0.25) is 0 Å². The number of hydrogen-bond acceptors (Lipinski definition) is 4. The van der Waals surface area contributed by atoms with Gasteiger partial charge < -0.3 is 15.4 Å². The van der Waals surface area contributed by atoms with Crippen molar-refractivity contribution in [2.24, 2.45) is 5.92 Å². The number of ether oxygens (including phenoxy) is 1. The lowest BCUT2D eigenvalue weighted by molar-refractivity contribution is 0.0510. The summed E-state index contributed by atoms with van der Waals surface area (Å²) in [6.45, 7) is 6.42. The standard InChI is InChI=1S/C16H30N2O2S/c1-16(2,3)20-15(19)17-10-12-6-4-5-7-14(12)18-13-8-9-21-11-13/h12-14,18H,4-11H2,1-3H3,(H,17,19). The van der Waals surface area contributed by atoms with Crippen molar-refractivity contribution < 1.29 is 9.53 Å². The average Bonchev–Trinajstić information content (AvgIpc) is 2.88. The summed E-state index contributed by atoms with van der Waals surface area (Å²) in [5.41, 5.74) is -0.421. The minimum Gasteiger partial charge on any atom is -0.444 e. The van der Waals surface area contributed by atoms with E-state index in [0.717, 1.165) is 6.54 Å². The van der Waals surface area contributed by atoms with Crippen molar-refractivity contribution in [3.8, 4) is 0 Å². The van der Waals surface area contributed by atoms with Crippen LogP contribution in [-0.2, 0) is 4.74 Å². The maximum atomic E-state index is 11.8. The molecule has 2 rings (SSSR count). The van der Waals surface area contributed by atoms with E-state index in [1.54, 1.807) is 0 Å². The molecule has 122 valence electrons. The van der Waals surface area contributed by atoms with Gasteiger partial charge in [0.25, 0.3) is 0 Å². The Morgan fingerprint density at radius 2 is 2.00 bits per heavy atom. The fourth-order valence-corrected chi connectivity index (χ4v) is 4.33. The number of thioether (sulfide) groups is 1. The second-order valence-electron chi connectivity index (χ2n) is 7.26. The van der Waals surface area contributed by atoms with E-state index in [-0.39, 0.29) is 6.09 Å². The average molecular weight is 314 g/mol. The van der Waals surface area contributed by atoms with Crippen LogP contribution < -0.4 is 10.6 Å². The van der Waals surface area contributed by atoms with Crippen LogP contribution in [-0.4, -0.2) is 41.8 Å². The van der Waals surface area contributed by atoms with Crippen LogP contribution >= 0.6 is 11.8 Å². The van der Waals surface area contributed by atoms with Crippen molar-refractivity contribution in [1.82, 2.24) is 10.6 Å². The summed E-state index contributed by atoms with van der Waals surface area (Å²) in [7, 11) is 0. The zero-order valence-corrected chi connectivity index (χ0v) is 14.4. The van der Waals surface area contributed by atoms with Gasteiger partial charge in [0.2, 0.25) is 0 Å². The molecule has 0 bridgehead atoms. The predicted molar refractivity (Wildman–Crippen MR) is 88.8 cm³/mol. The quantitative estimate of drug-likeness (QED) is 0.837. The van der Waals surface area contributed by atoms with Gasteiger partial charge in [-0.1, -0.05) is 12.8 Å². The van der Waals surface area contributed by atoms with Gasteiger partial charge in [-0.05, 0) is 51.7 Å². The van der Waals surface area contributed by atoms with Gasteiger partial charge in [-0.15, -0.1) is 0 Å². The first-order chi connectivity index (χ1) is 9.94. The van der Waals surface area contributed by atoms with E-state index in [4.69, 9.17) is 4.74 Å². The van der Waals surface area contributed by atoms with Crippen molar-refractivity contribution in [3.05, 3.63) is 0 Å². The summed E-state index contributed by atoms with van der Waals surface area (Å²) in [6.07, 6.45) is 6.02. The molecule has 4 nitrogen and oxygen atoms in total. The molecule has 0 spiro atoms. The van der Waals surface area contributed by atoms with Crippen LogP contribution in [0, 0.1) is 5.92 Å². The Morgan fingerprint density at radius 3 is 2.67 bits per heavy atom. The van der Waals surface area contributed by atoms with Crippen molar-refractivity contribution >= 4 is 17.9 Å². The lowest BCUT2D eigenvalue weighted by atomic mass is 9.84. The number of rotatable bonds is 4. The van der Waals surface area contributed by atoms with E-state index in [1.165, 1.54) is 43.6 Å². The summed E-state index contributed by atoms with van der Waals surface area (Å²) in [5, 5.41) is 6.78. The van der Waals surface area contributed by atoms with Crippen LogP contribution in [0.2, 0.25) is 0 Å². The summed E-state index contributed by atoms with van der Waals surface area (Å²) >= 11 is 2.04. The van der Waals surface area contributed by atoms with Gasteiger partial charge in [0, 0.05) is 24.4 Å². The number of carbonyl (C=O) groups excluding carboxylic acids is 1. The summed E-state index contributed by atoms with van der Waals surface area (Å²) in [5.74, 6) is 3.06. The van der Waals surface area contributed by atoms with Crippen LogP contribution in [0.25, 0.3) is 0 Å². The molecule has 5 heteroatoms. The van der Waals surface area contributed by atoms with Gasteiger partial charge in [0.05, 0.1) is 0 Å². The smallest absolute Gasteiger partial charge is 0.407 e. The van der Waals surface area contributed by atoms with Crippen LogP contribution in [0.5, 0.6) is 0 Å². The number of alkyl carbamates (subject to hydrolysis) is 1. The predicted octanol–water partition coefficient (Wildman–Crippen LogP) is 3.17. The minimum absolute atomic E-state index is 0.289. The van der Waals surface area contributed by atoms with Crippen molar-refractivity contribution in [2.45, 2.75) is 70.6 Å². The number of nitrogens with one attached hydrogen (secondary N) is 2. The van der Waals surface area contributed by atoms with E-state index in [2.05, 4.69) is 10.6 Å². The topological polar surface area (TPSA) is 50.4 Å². The lowest BCUT2D eigenvalue weighted by Crippen LogP contribution is -2.48. The molecule has 0 aromatic carbocycles. The number of hydrogen-bond donors (Lipinski definition) is 2. The molecule has 1 heterocycles. The monoisotopic (exact) mass is 314 g/mol. The molecule has 21 heavy (non-hydrogen) atoms. The Bertz CT molecular complexity index is 338. The maximum absolute atomic E-state index is 11.8. The van der Waals surface area contributed by atoms with Gasteiger partial charge in [0.1, 0.15) is 5.60 Å². The Hall–Kier alpha value is -0.420. The van der Waals surface area contributed by atoms with E-state index in [0.29, 0.717) is 18.0 Å². The fourth-order valence-electron chi connectivity index (χ4n) is 3.17. The van der Waals surface area contributed by atoms with Crippen molar-refractivity contribution in [2.75, 3.05) is 18.1 Å². The molecule has 1 amide bonds. The molecular formula is C16H30N2O2S. The summed E-state index contributed by atoms with van der Waals surface area (Å²) in [4.78, 5) is 11.8. The highest BCUT2D eigenvalue weighted by molar-refractivity contribution is 7.99. The van der Waals surface area contributed by atoms with E-state index >= 15 is 0 Å². The second kappa shape index (κ2) is 7.73. The van der Waals surface area contributed by atoms with Crippen LogP contribution in [0.4, 0.5) is 4.79 Å². The van der Waals surface area contributed by atoms with Gasteiger partial charge in [0.15, 0.2) is 0 Å². The summed E-state index contributed by atoms with van der Waals surface area (Å²) in [6, 6.07) is 1.22. The van der Waals surface area contributed by atoms with Crippen LogP contribution in [0.15, 0.2) is 0 Å². The van der Waals surface area contributed by atoms with E-state index in [9.17, 15) is 4.79 Å². The first-order valence-electron chi connectivity index (χ1n) is 8.25. The molecule has 3 atom stereocenters. The first kappa shape index (κ1) is 16.9. The zero-order chi connectivity index (χ0) is 15.3. The molecular weight excluding hydrogens is 284 g/mol. The molecule has 1 saturated heterocycles. The second-order valence-corrected chi connectivity index (χ2v) is 8.41. The van der Waals surface area contributed by atoms with Gasteiger partial charge in [-0.2, -0.15) is 11.8 Å². The zero-order valence-electron chi connectivity index (χ0n) is 13.6. The van der Waals surface area contributed by atoms with Crippen LogP contribution in [0.3, 0.4) is 0 Å². The lowest BCUT2D eigenvalue weighted by Gasteiger charge is -2.34. The highest BCUT2D eigenvalue weighted by Crippen LogP contribution is 2.26. The third-order valence-electron chi connectivity index (χ3n) is 4.20. The molecule has 0 aromatic heterocycles. The Balaban J connectivity index is 1.77. The van der Waals surface area contributed by atoms with Crippen molar-refractivity contribution in [3.63, 3.8) is 0 Å². The van der Waals surface area contributed by atoms with Gasteiger partial charge >= 0.3 is 6.09 Å². The van der Waals surface area contributed by atoms with Crippen LogP contribution in [0.1, 0.15) is 52.9 Å². The Morgan fingerprint density at radius 1 is 1.24 bits per heavy atom. The Kier molecular flexibility index (Phi) is 6.23. The fraction of sp³-hybridized carbons (Fsp3) is 0.938. The molecule has 0 radical (unpaired) electrons. The maximum Gasteiger partial charge on any atom is 0.407 e. The molecule has 1 aliphatic carbocycles. The molecule has 1 aliphatic heterocycles. The highest BCUT2D eigenvalue weighted by Gasteiger charge is 2.29. The molecule has 2 N–H and O–H groups in total. The minimum atomic E-state index is -0.421. The van der Waals surface area contributed by atoms with Gasteiger partial charge in [-0.25, -0.2) is 4.79 Å². The SMILES string of the molecule is CC(C)(C)OC(=O)NCC1CCCCC1NC1CCSC1. The molecule has 1 saturated carbocycles. The van der Waals surface area contributed by atoms with E-state index < -0.39 is 5.60 Å². The third-order valence-corrected chi connectivity index (χ3v) is 5.36. The molecule has 2 aliphatic rings. The normalized spacial score (nSPS) is 30.1. The Labute approximate surface area is 133 Å². The molecule has 3 unspecified atom stereocenters. The largest absolute Gasteiger partial charge is 0.444 e. The molecule has 0 aromatic rings. The number of carbonyl (C=O) groups is 1. The first-order valence-corrected chi connectivity index (χ1v) is 9.40. The summed E-state index contributed by atoms with van der Waals surface area (Å²) < 4.78 is 5.32. The van der Waals surface area contributed by atoms with E-state index in [1.807, 2.05) is 32.5 Å². The number of amides is 1. The highest BCUT2D eigenvalue weighted by atomic mass is 32.2. The molecule has 2 fully saturated rings. The van der Waals surface area contributed by atoms with Crippen molar-refractivity contribution in [1.29, 1.82) is 0 Å². The third kappa shape index (κ3) is 6.07.